The molecule has 0 saturated carbocycles. The molecule has 0 radical (unpaired) electrons. The lowest BCUT2D eigenvalue weighted by Crippen LogP contribution is -1.96. The minimum atomic E-state index is -0.659. The summed E-state index contributed by atoms with van der Waals surface area (Å²) in [4.78, 5) is 12.6. The molecule has 0 amide bonds. The van der Waals surface area contributed by atoms with Gasteiger partial charge in [0.15, 0.2) is 5.76 Å². The quantitative estimate of drug-likeness (QED) is 0.495. The second-order valence-electron chi connectivity index (χ2n) is 1.73. The highest BCUT2D eigenvalue weighted by molar-refractivity contribution is 5.03. The second kappa shape index (κ2) is 2.68. The van der Waals surface area contributed by atoms with Crippen LogP contribution >= 0.6 is 0 Å². The van der Waals surface area contributed by atoms with Crippen LogP contribution in [0, 0.1) is 0 Å². The summed E-state index contributed by atoms with van der Waals surface area (Å²) in [6.45, 7) is -0.712. The topological polar surface area (TPSA) is 86.5 Å². The van der Waals surface area contributed by atoms with Gasteiger partial charge in [0, 0.05) is 0 Å². The van der Waals surface area contributed by atoms with E-state index in [4.69, 9.17) is 10.2 Å². The fraction of sp³-hybridized carbons (Fsp3) is 0.400. The van der Waals surface area contributed by atoms with Crippen LogP contribution in [0.2, 0.25) is 0 Å². The van der Waals surface area contributed by atoms with Crippen LogP contribution < -0.4 is 5.76 Å². The van der Waals surface area contributed by atoms with Crippen molar-refractivity contribution in [3.05, 3.63) is 22.0 Å². The van der Waals surface area contributed by atoms with Gasteiger partial charge in [0.1, 0.15) is 6.61 Å². The van der Waals surface area contributed by atoms with Gasteiger partial charge in [-0.25, -0.2) is 4.79 Å². The first-order valence-electron chi connectivity index (χ1n) is 2.70. The predicted octanol–water partition coefficient (Wildman–Crippen LogP) is -1.05. The molecule has 1 heterocycles. The summed E-state index contributed by atoms with van der Waals surface area (Å²) < 4.78 is 4.43. The minimum Gasteiger partial charge on any atom is -0.410 e. The molecule has 10 heavy (non-hydrogen) atoms. The van der Waals surface area contributed by atoms with E-state index >= 15 is 0 Å². The Morgan fingerprint density at radius 2 is 2.10 bits per heavy atom. The molecule has 0 aliphatic heterocycles. The van der Waals surface area contributed by atoms with Gasteiger partial charge in [-0.15, -0.1) is 0 Å². The average molecular weight is 145 g/mol. The highest BCUT2D eigenvalue weighted by Gasteiger charge is 2.05. The van der Waals surface area contributed by atoms with Gasteiger partial charge in [0.25, 0.3) is 0 Å². The summed E-state index contributed by atoms with van der Waals surface area (Å²) >= 11 is 0. The summed E-state index contributed by atoms with van der Waals surface area (Å²) in [5, 5.41) is 17.0. The number of H-pyrrole nitrogens is 1. The molecule has 1 aromatic rings. The molecule has 0 aliphatic carbocycles. The third-order valence-electron chi connectivity index (χ3n) is 1.11. The highest BCUT2D eigenvalue weighted by atomic mass is 16.4. The zero-order valence-corrected chi connectivity index (χ0v) is 5.13. The van der Waals surface area contributed by atoms with Gasteiger partial charge < -0.3 is 14.6 Å². The summed E-state index contributed by atoms with van der Waals surface area (Å²) in [6, 6.07) is 0. The molecule has 1 aromatic heterocycles. The van der Waals surface area contributed by atoms with E-state index in [1.165, 1.54) is 0 Å². The third kappa shape index (κ3) is 1.09. The van der Waals surface area contributed by atoms with E-state index in [0.29, 0.717) is 0 Å². The highest BCUT2D eigenvalue weighted by Crippen LogP contribution is 2.01. The molecule has 0 aromatic carbocycles. The standard InChI is InChI=1S/C5H7NO4/c7-1-3-4(2-8)10-5(9)6-3/h7-8H,1-2H2,(H,6,9). The lowest BCUT2D eigenvalue weighted by molar-refractivity contribution is 0.230. The van der Waals surface area contributed by atoms with Gasteiger partial charge in [0.2, 0.25) is 0 Å². The largest absolute Gasteiger partial charge is 0.416 e. The maximum Gasteiger partial charge on any atom is 0.416 e. The van der Waals surface area contributed by atoms with Crippen LogP contribution in [-0.4, -0.2) is 15.2 Å². The molecular weight excluding hydrogens is 138 g/mol. The number of hydrogen-bond acceptors (Lipinski definition) is 4. The van der Waals surface area contributed by atoms with Crippen molar-refractivity contribution in [2.24, 2.45) is 0 Å². The van der Waals surface area contributed by atoms with Gasteiger partial charge in [-0.2, -0.15) is 0 Å². The molecule has 0 spiro atoms. The van der Waals surface area contributed by atoms with E-state index < -0.39 is 5.76 Å². The molecule has 3 N–H and O–H groups in total. The van der Waals surface area contributed by atoms with Gasteiger partial charge in [-0.1, -0.05) is 0 Å². The number of nitrogens with one attached hydrogen (secondary N) is 1. The van der Waals surface area contributed by atoms with Crippen molar-refractivity contribution in [2.45, 2.75) is 13.2 Å². The predicted molar refractivity (Wildman–Crippen MR) is 31.2 cm³/mol. The van der Waals surface area contributed by atoms with Gasteiger partial charge in [-0.05, 0) is 0 Å². The Morgan fingerprint density at radius 1 is 1.40 bits per heavy atom. The Bertz CT molecular complexity index is 236. The van der Waals surface area contributed by atoms with Crippen LogP contribution in [0.25, 0.3) is 0 Å². The fourth-order valence-corrected chi connectivity index (χ4v) is 0.647. The van der Waals surface area contributed by atoms with Crippen molar-refractivity contribution in [3.63, 3.8) is 0 Å². The zero-order valence-electron chi connectivity index (χ0n) is 5.13. The first kappa shape index (κ1) is 7.04. The van der Waals surface area contributed by atoms with Gasteiger partial charge >= 0.3 is 5.76 Å². The van der Waals surface area contributed by atoms with Crippen LogP contribution in [0.1, 0.15) is 11.5 Å². The number of aliphatic hydroxyl groups excluding tert-OH is 2. The van der Waals surface area contributed by atoms with E-state index in [1.807, 2.05) is 0 Å². The number of aromatic amines is 1. The van der Waals surface area contributed by atoms with Crippen LogP contribution in [0.15, 0.2) is 9.21 Å². The second-order valence-corrected chi connectivity index (χ2v) is 1.73. The van der Waals surface area contributed by atoms with Crippen LogP contribution in [0.5, 0.6) is 0 Å². The monoisotopic (exact) mass is 145 g/mol. The Kier molecular flexibility index (Phi) is 1.88. The smallest absolute Gasteiger partial charge is 0.410 e. The average Bonchev–Trinajstić information content (AvgIpc) is 2.30. The summed E-state index contributed by atoms with van der Waals surface area (Å²) in [7, 11) is 0. The fourth-order valence-electron chi connectivity index (χ4n) is 0.647. The van der Waals surface area contributed by atoms with E-state index in [-0.39, 0.29) is 24.7 Å². The van der Waals surface area contributed by atoms with Crippen molar-refractivity contribution in [1.29, 1.82) is 0 Å². The third-order valence-corrected chi connectivity index (χ3v) is 1.11. The number of rotatable bonds is 2. The summed E-state index contributed by atoms with van der Waals surface area (Å²) in [5.74, 6) is -0.569. The van der Waals surface area contributed by atoms with Gasteiger partial charge in [-0.3, -0.25) is 4.98 Å². The number of aliphatic hydroxyl groups is 2. The maximum atomic E-state index is 10.4. The first-order chi connectivity index (χ1) is 4.77. The number of hydrogen-bond donors (Lipinski definition) is 3. The van der Waals surface area contributed by atoms with Crippen molar-refractivity contribution in [1.82, 2.24) is 4.98 Å². The molecule has 56 valence electrons. The Labute approximate surface area is 55.9 Å². The van der Waals surface area contributed by atoms with Crippen molar-refractivity contribution in [3.8, 4) is 0 Å². The first-order valence-corrected chi connectivity index (χ1v) is 2.70. The van der Waals surface area contributed by atoms with Crippen LogP contribution in [-0.2, 0) is 13.2 Å². The van der Waals surface area contributed by atoms with Crippen LogP contribution in [0.4, 0.5) is 0 Å². The molecule has 1 rings (SSSR count). The Balaban J connectivity index is 3.08. The van der Waals surface area contributed by atoms with Crippen molar-refractivity contribution >= 4 is 0 Å². The molecule has 5 heteroatoms. The van der Waals surface area contributed by atoms with Gasteiger partial charge in [0.05, 0.1) is 12.3 Å². The Hall–Kier alpha value is -1.07. The number of aromatic nitrogens is 1. The summed E-state index contributed by atoms with van der Waals surface area (Å²) in [5.41, 5.74) is 0.229. The molecule has 0 aliphatic rings. The molecule has 0 unspecified atom stereocenters. The molecule has 0 atom stereocenters. The Morgan fingerprint density at radius 3 is 2.50 bits per heavy atom. The van der Waals surface area contributed by atoms with E-state index in [0.717, 1.165) is 0 Å². The molecule has 0 fully saturated rings. The molecule has 5 nitrogen and oxygen atoms in total. The van der Waals surface area contributed by atoms with Crippen molar-refractivity contribution in [2.75, 3.05) is 0 Å². The lowest BCUT2D eigenvalue weighted by atomic mass is 10.4. The molecular formula is C5H7NO4. The maximum absolute atomic E-state index is 10.4. The molecule has 0 bridgehead atoms. The van der Waals surface area contributed by atoms with E-state index in [2.05, 4.69) is 9.40 Å². The van der Waals surface area contributed by atoms with E-state index in [9.17, 15) is 4.79 Å². The van der Waals surface area contributed by atoms with E-state index in [1.54, 1.807) is 0 Å². The SMILES string of the molecule is O=c1[nH]c(CO)c(CO)o1. The zero-order chi connectivity index (χ0) is 7.56. The number of oxazole rings is 1. The lowest BCUT2D eigenvalue weighted by Gasteiger charge is -1.89. The normalized spacial score (nSPS) is 10.2. The van der Waals surface area contributed by atoms with Crippen LogP contribution in [0.3, 0.4) is 0 Å². The summed E-state index contributed by atoms with van der Waals surface area (Å²) in [6.07, 6.45) is 0. The van der Waals surface area contributed by atoms with Crippen molar-refractivity contribution < 1.29 is 14.6 Å². The molecule has 0 saturated heterocycles. The minimum absolute atomic E-state index is 0.0903.